The van der Waals surface area contributed by atoms with E-state index in [1.54, 1.807) is 7.11 Å². The smallest absolute Gasteiger partial charge is 0.167 e. The summed E-state index contributed by atoms with van der Waals surface area (Å²) < 4.78 is 5.17. The Morgan fingerprint density at radius 3 is 2.57 bits per heavy atom. The summed E-state index contributed by atoms with van der Waals surface area (Å²) in [6, 6.07) is 7.83. The van der Waals surface area contributed by atoms with E-state index in [1.165, 1.54) is 5.57 Å². The van der Waals surface area contributed by atoms with Crippen molar-refractivity contribution in [2.75, 3.05) is 7.11 Å². The quantitative estimate of drug-likeness (QED) is 0.759. The molecule has 2 nitrogen and oxygen atoms in total. The Morgan fingerprint density at radius 2 is 1.95 bits per heavy atom. The third-order valence-corrected chi connectivity index (χ3v) is 4.56. The van der Waals surface area contributed by atoms with Gasteiger partial charge in [0.15, 0.2) is 5.78 Å². The average molecular weight is 280 g/mol. The average Bonchev–Trinajstić information content (AvgIpc) is 2.70. The predicted octanol–water partition coefficient (Wildman–Crippen LogP) is 4.19. The topological polar surface area (TPSA) is 26.3 Å². The van der Waals surface area contributed by atoms with Crippen LogP contribution in [0.2, 0.25) is 0 Å². The van der Waals surface area contributed by atoms with Crippen LogP contribution in [-0.2, 0) is 4.79 Å². The molecule has 21 heavy (non-hydrogen) atoms. The summed E-state index contributed by atoms with van der Waals surface area (Å²) in [5, 5.41) is 0. The molecule has 0 N–H and O–H groups in total. The van der Waals surface area contributed by atoms with Gasteiger partial charge >= 0.3 is 0 Å². The number of hydrogen-bond acceptors (Lipinski definition) is 2. The van der Waals surface area contributed by atoms with Crippen molar-refractivity contribution >= 4 is 11.9 Å². The number of carbonyl (C=O) groups is 1. The Labute approximate surface area is 125 Å². The molecule has 2 aliphatic rings. The summed E-state index contributed by atoms with van der Waals surface area (Å²) in [7, 11) is 1.65. The van der Waals surface area contributed by atoms with Crippen LogP contribution in [0.1, 0.15) is 25.8 Å². The van der Waals surface area contributed by atoms with Gasteiger partial charge in [0.1, 0.15) is 5.75 Å². The van der Waals surface area contributed by atoms with Crippen LogP contribution in [0.25, 0.3) is 6.08 Å². The second-order valence-corrected chi connectivity index (χ2v) is 6.16. The fourth-order valence-electron chi connectivity index (χ4n) is 3.29. The minimum atomic E-state index is -0.188. The number of rotatable bonds is 2. The van der Waals surface area contributed by atoms with Gasteiger partial charge in [-0.3, -0.25) is 4.79 Å². The lowest BCUT2D eigenvalue weighted by molar-refractivity contribution is -0.117. The van der Waals surface area contributed by atoms with Crippen LogP contribution in [-0.4, -0.2) is 12.9 Å². The summed E-state index contributed by atoms with van der Waals surface area (Å²) in [6.07, 6.45) is 9.12. The van der Waals surface area contributed by atoms with Gasteiger partial charge in [-0.2, -0.15) is 0 Å². The van der Waals surface area contributed by atoms with Crippen LogP contribution in [0.15, 0.2) is 53.6 Å². The normalized spacial score (nSPS) is 24.9. The van der Waals surface area contributed by atoms with E-state index in [-0.39, 0.29) is 17.1 Å². The number of ketones is 1. The Kier molecular flexibility index (Phi) is 3.32. The first-order chi connectivity index (χ1) is 10.0. The number of fused-ring (bicyclic) bond motifs is 1. The Bertz CT molecular complexity index is 657. The number of benzene rings is 1. The van der Waals surface area contributed by atoms with Crippen molar-refractivity contribution in [1.29, 1.82) is 0 Å². The van der Waals surface area contributed by atoms with E-state index >= 15 is 0 Å². The monoisotopic (exact) mass is 280 g/mol. The first-order valence-corrected chi connectivity index (χ1v) is 7.31. The van der Waals surface area contributed by atoms with Crippen LogP contribution in [0.4, 0.5) is 0 Å². The zero-order valence-corrected chi connectivity index (χ0v) is 12.7. The van der Waals surface area contributed by atoms with Gasteiger partial charge in [-0.15, -0.1) is 0 Å². The molecule has 0 radical (unpaired) electrons. The van der Waals surface area contributed by atoms with Gasteiger partial charge in [0.05, 0.1) is 7.11 Å². The maximum Gasteiger partial charge on any atom is 0.167 e. The van der Waals surface area contributed by atoms with Gasteiger partial charge in [-0.05, 0) is 35.8 Å². The van der Waals surface area contributed by atoms with Crippen LogP contribution in [0, 0.1) is 11.3 Å². The fraction of sp³-hybridized carbons (Fsp3) is 0.316. The maximum absolute atomic E-state index is 12.7. The summed E-state index contributed by atoms with van der Waals surface area (Å²) in [6.45, 7) is 4.29. The van der Waals surface area contributed by atoms with E-state index in [0.29, 0.717) is 0 Å². The SMILES string of the molecule is COc1ccc(/C=C2/C(=O)C3CC=CC=C3C2(C)C)cc1. The molecule has 0 aromatic heterocycles. The Balaban J connectivity index is 2.01. The third-order valence-electron chi connectivity index (χ3n) is 4.56. The van der Waals surface area contributed by atoms with Gasteiger partial charge in [0.2, 0.25) is 0 Å². The van der Waals surface area contributed by atoms with E-state index in [1.807, 2.05) is 30.3 Å². The molecule has 0 amide bonds. The lowest BCUT2D eigenvalue weighted by Gasteiger charge is -2.23. The van der Waals surface area contributed by atoms with Crippen molar-refractivity contribution in [2.24, 2.45) is 11.3 Å². The van der Waals surface area contributed by atoms with Crippen molar-refractivity contribution in [1.82, 2.24) is 0 Å². The van der Waals surface area contributed by atoms with Crippen molar-refractivity contribution in [3.8, 4) is 5.75 Å². The molecule has 1 fully saturated rings. The standard InChI is InChI=1S/C19H20O2/c1-19(2)16-7-5-4-6-15(16)18(20)17(19)12-13-8-10-14(21-3)11-9-13/h4-5,7-12,15H,6H2,1-3H3/b17-12-. The molecule has 1 atom stereocenters. The molecule has 0 spiro atoms. The third kappa shape index (κ3) is 2.25. The molecule has 0 saturated heterocycles. The molecule has 1 aromatic rings. The number of hydrogen-bond donors (Lipinski definition) is 0. The molecular weight excluding hydrogens is 260 g/mol. The van der Waals surface area contributed by atoms with Gasteiger partial charge in [0, 0.05) is 16.9 Å². The minimum Gasteiger partial charge on any atom is -0.497 e. The first-order valence-electron chi connectivity index (χ1n) is 7.31. The minimum absolute atomic E-state index is 0.0366. The molecule has 0 heterocycles. The van der Waals surface area contributed by atoms with Crippen LogP contribution < -0.4 is 4.74 Å². The fourth-order valence-corrected chi connectivity index (χ4v) is 3.29. The maximum atomic E-state index is 12.7. The molecule has 3 rings (SSSR count). The number of methoxy groups -OCH3 is 1. The molecule has 0 bridgehead atoms. The van der Waals surface area contributed by atoms with Crippen LogP contribution in [0.5, 0.6) is 5.75 Å². The van der Waals surface area contributed by atoms with E-state index in [9.17, 15) is 4.79 Å². The molecule has 0 aliphatic heterocycles. The van der Waals surface area contributed by atoms with E-state index < -0.39 is 0 Å². The highest BCUT2D eigenvalue weighted by atomic mass is 16.5. The van der Waals surface area contributed by atoms with Crippen molar-refractivity contribution in [3.63, 3.8) is 0 Å². The molecule has 2 heteroatoms. The van der Waals surface area contributed by atoms with Gasteiger partial charge in [-0.1, -0.05) is 44.2 Å². The molecule has 108 valence electrons. The summed E-state index contributed by atoms with van der Waals surface area (Å²) in [5.74, 6) is 1.13. The summed E-state index contributed by atoms with van der Waals surface area (Å²) >= 11 is 0. The van der Waals surface area contributed by atoms with Gasteiger partial charge in [-0.25, -0.2) is 0 Å². The largest absolute Gasteiger partial charge is 0.497 e. The first kappa shape index (κ1) is 13.9. The number of carbonyl (C=O) groups excluding carboxylic acids is 1. The summed E-state index contributed by atoms with van der Waals surface area (Å²) in [5.41, 5.74) is 3.01. The Hall–Kier alpha value is -2.09. The second-order valence-electron chi connectivity index (χ2n) is 6.16. The highest BCUT2D eigenvalue weighted by molar-refractivity contribution is 6.08. The van der Waals surface area contributed by atoms with Gasteiger partial charge < -0.3 is 4.74 Å². The zero-order chi connectivity index (χ0) is 15.0. The lowest BCUT2D eigenvalue weighted by atomic mass is 9.79. The highest BCUT2D eigenvalue weighted by Gasteiger charge is 2.46. The van der Waals surface area contributed by atoms with Crippen molar-refractivity contribution < 1.29 is 9.53 Å². The van der Waals surface area contributed by atoms with Crippen molar-refractivity contribution in [2.45, 2.75) is 20.3 Å². The number of ether oxygens (including phenoxy) is 1. The van der Waals surface area contributed by atoms with Crippen LogP contribution >= 0.6 is 0 Å². The molecule has 1 saturated carbocycles. The van der Waals surface area contributed by atoms with E-state index in [2.05, 4.69) is 32.1 Å². The number of allylic oxidation sites excluding steroid dienone is 5. The Morgan fingerprint density at radius 1 is 1.24 bits per heavy atom. The van der Waals surface area contributed by atoms with E-state index in [4.69, 9.17) is 4.74 Å². The molecule has 1 unspecified atom stereocenters. The van der Waals surface area contributed by atoms with Crippen LogP contribution in [0.3, 0.4) is 0 Å². The zero-order valence-electron chi connectivity index (χ0n) is 12.7. The lowest BCUT2D eigenvalue weighted by Crippen LogP contribution is -2.13. The second kappa shape index (κ2) is 5.03. The van der Waals surface area contributed by atoms with Gasteiger partial charge in [0.25, 0.3) is 0 Å². The highest BCUT2D eigenvalue weighted by Crippen LogP contribution is 2.50. The van der Waals surface area contributed by atoms with E-state index in [0.717, 1.165) is 23.3 Å². The molecule has 2 aliphatic carbocycles. The molecule has 1 aromatic carbocycles. The predicted molar refractivity (Wildman–Crippen MR) is 85.1 cm³/mol. The molecular formula is C19H20O2. The van der Waals surface area contributed by atoms with Crippen molar-refractivity contribution in [3.05, 3.63) is 59.2 Å². The summed E-state index contributed by atoms with van der Waals surface area (Å²) in [4.78, 5) is 12.7. The number of Topliss-reactive ketones (excluding diaryl/α,β-unsaturated/α-hetero) is 1.